The molecular formula is C16H13BrClNO4. The van der Waals surface area contributed by atoms with Crippen molar-refractivity contribution < 1.29 is 19.4 Å². The highest BCUT2D eigenvalue weighted by molar-refractivity contribution is 9.10. The number of pyridine rings is 1. The van der Waals surface area contributed by atoms with Crippen LogP contribution in [0.1, 0.15) is 28.5 Å². The first-order valence-electron chi connectivity index (χ1n) is 6.88. The Bertz CT molecular complexity index is 764. The van der Waals surface area contributed by atoms with Crippen LogP contribution < -0.4 is 4.74 Å². The minimum Gasteiger partial charge on any atom is -0.480 e. The number of carbonyl (C=O) groups is 1. The summed E-state index contributed by atoms with van der Waals surface area (Å²) in [4.78, 5) is 15.2. The normalized spacial score (nSPS) is 16.2. The second kappa shape index (κ2) is 6.47. The summed E-state index contributed by atoms with van der Waals surface area (Å²) in [5, 5.41) is 9.48. The third kappa shape index (κ3) is 3.20. The van der Waals surface area contributed by atoms with Crippen molar-refractivity contribution in [1.82, 2.24) is 4.98 Å². The molecule has 0 saturated heterocycles. The Hall–Kier alpha value is -1.63. The van der Waals surface area contributed by atoms with Gasteiger partial charge in [-0.1, -0.05) is 23.7 Å². The van der Waals surface area contributed by atoms with E-state index in [4.69, 9.17) is 26.2 Å². The van der Waals surface area contributed by atoms with Gasteiger partial charge in [-0.25, -0.2) is 9.78 Å². The molecule has 1 aromatic heterocycles. The Labute approximate surface area is 146 Å². The number of hydrogen-bond donors (Lipinski definition) is 1. The van der Waals surface area contributed by atoms with E-state index in [1.54, 1.807) is 19.1 Å². The van der Waals surface area contributed by atoms with Crippen LogP contribution in [0.25, 0.3) is 0 Å². The molecule has 1 N–H and O–H groups in total. The fourth-order valence-corrected chi connectivity index (χ4v) is 3.45. The summed E-state index contributed by atoms with van der Waals surface area (Å²) >= 11 is 9.40. The topological polar surface area (TPSA) is 68.7 Å². The molecule has 1 aliphatic heterocycles. The molecule has 0 fully saturated rings. The van der Waals surface area contributed by atoms with Crippen LogP contribution in [-0.2, 0) is 16.1 Å². The van der Waals surface area contributed by atoms with E-state index >= 15 is 0 Å². The zero-order valence-electron chi connectivity index (χ0n) is 12.2. The lowest BCUT2D eigenvalue weighted by molar-refractivity contribution is -0.139. The first kappa shape index (κ1) is 16.2. The molecule has 0 aliphatic carbocycles. The molecule has 2 heterocycles. The van der Waals surface area contributed by atoms with E-state index < -0.39 is 12.6 Å². The van der Waals surface area contributed by atoms with Gasteiger partial charge in [-0.05, 0) is 40.5 Å². The van der Waals surface area contributed by atoms with Gasteiger partial charge in [0.05, 0.1) is 12.3 Å². The minimum absolute atomic E-state index is 0.295. The van der Waals surface area contributed by atoms with Gasteiger partial charge in [-0.2, -0.15) is 0 Å². The number of aryl methyl sites for hydroxylation is 1. The largest absolute Gasteiger partial charge is 0.480 e. The number of ether oxygens (including phenoxy) is 2. The van der Waals surface area contributed by atoms with Crippen LogP contribution >= 0.6 is 27.5 Å². The molecule has 1 unspecified atom stereocenters. The number of aromatic nitrogens is 1. The summed E-state index contributed by atoms with van der Waals surface area (Å²) in [6.07, 6.45) is -0.295. The summed E-state index contributed by atoms with van der Waals surface area (Å²) in [7, 11) is 0. The number of fused-ring (bicyclic) bond motifs is 1. The molecule has 7 heteroatoms. The maximum atomic E-state index is 10.8. The Morgan fingerprint density at radius 2 is 2.17 bits per heavy atom. The predicted octanol–water partition coefficient (Wildman–Crippen LogP) is 3.89. The summed E-state index contributed by atoms with van der Waals surface area (Å²) in [5.74, 6) is -0.559. The van der Waals surface area contributed by atoms with Crippen molar-refractivity contribution in [2.24, 2.45) is 0 Å². The van der Waals surface area contributed by atoms with Crippen molar-refractivity contribution >= 4 is 33.5 Å². The molecule has 1 aliphatic rings. The monoisotopic (exact) mass is 397 g/mol. The van der Waals surface area contributed by atoms with Crippen LogP contribution in [0.5, 0.6) is 5.75 Å². The molecule has 3 rings (SSSR count). The molecular weight excluding hydrogens is 386 g/mol. The number of aliphatic carboxylic acids is 1. The highest BCUT2D eigenvalue weighted by Gasteiger charge is 2.32. The first-order chi connectivity index (χ1) is 11.0. The third-order valence-corrected chi connectivity index (χ3v) is 4.44. The summed E-state index contributed by atoms with van der Waals surface area (Å²) < 4.78 is 12.0. The zero-order chi connectivity index (χ0) is 16.6. The van der Waals surface area contributed by atoms with Gasteiger partial charge in [0.15, 0.2) is 6.61 Å². The summed E-state index contributed by atoms with van der Waals surface area (Å²) in [5.41, 5.74) is 3.25. The first-order valence-corrected chi connectivity index (χ1v) is 8.05. The molecule has 0 saturated carbocycles. The van der Waals surface area contributed by atoms with Crippen LogP contribution in [0.3, 0.4) is 0 Å². The number of benzene rings is 1. The molecule has 0 spiro atoms. The summed E-state index contributed by atoms with van der Waals surface area (Å²) in [6, 6.07) is 7.39. The highest BCUT2D eigenvalue weighted by Crippen LogP contribution is 2.44. The number of rotatable bonds is 4. The van der Waals surface area contributed by atoms with Crippen LogP contribution in [0.15, 0.2) is 28.9 Å². The number of nitrogens with zero attached hydrogens (tertiary/aromatic N) is 1. The SMILES string of the molecule is Cc1nc(Br)c2c(c1OCC(=O)O)COC2c1ccc(Cl)cc1. The summed E-state index contributed by atoms with van der Waals surface area (Å²) in [6.45, 7) is 1.69. The highest BCUT2D eigenvalue weighted by atomic mass is 79.9. The fourth-order valence-electron chi connectivity index (χ4n) is 2.61. The smallest absolute Gasteiger partial charge is 0.341 e. The number of hydrogen-bond acceptors (Lipinski definition) is 4. The fraction of sp³-hybridized carbons (Fsp3) is 0.250. The van der Waals surface area contributed by atoms with E-state index in [0.29, 0.717) is 27.7 Å². The molecule has 5 nitrogen and oxygen atoms in total. The molecule has 120 valence electrons. The lowest BCUT2D eigenvalue weighted by Gasteiger charge is -2.15. The Kier molecular flexibility index (Phi) is 4.57. The Morgan fingerprint density at radius 3 is 2.83 bits per heavy atom. The van der Waals surface area contributed by atoms with Crippen molar-refractivity contribution in [2.45, 2.75) is 19.6 Å². The molecule has 0 amide bonds. The van der Waals surface area contributed by atoms with E-state index in [0.717, 1.165) is 16.7 Å². The molecule has 1 atom stereocenters. The number of carboxylic acids is 1. The van der Waals surface area contributed by atoms with Gasteiger partial charge in [-0.3, -0.25) is 0 Å². The average molecular weight is 399 g/mol. The van der Waals surface area contributed by atoms with E-state index in [2.05, 4.69) is 20.9 Å². The van der Waals surface area contributed by atoms with Crippen LogP contribution in [-0.4, -0.2) is 22.7 Å². The van der Waals surface area contributed by atoms with Crippen molar-refractivity contribution in [3.05, 3.63) is 56.3 Å². The predicted molar refractivity (Wildman–Crippen MR) is 87.9 cm³/mol. The van der Waals surface area contributed by atoms with Gasteiger partial charge in [0.25, 0.3) is 0 Å². The van der Waals surface area contributed by atoms with E-state index in [1.165, 1.54) is 0 Å². The Morgan fingerprint density at radius 1 is 1.48 bits per heavy atom. The second-order valence-corrected chi connectivity index (χ2v) is 6.32. The molecule has 1 aromatic carbocycles. The molecule has 23 heavy (non-hydrogen) atoms. The van der Waals surface area contributed by atoms with E-state index in [9.17, 15) is 4.79 Å². The second-order valence-electron chi connectivity index (χ2n) is 5.13. The maximum Gasteiger partial charge on any atom is 0.341 e. The van der Waals surface area contributed by atoms with Gasteiger partial charge in [0.1, 0.15) is 16.5 Å². The zero-order valence-corrected chi connectivity index (χ0v) is 14.5. The van der Waals surface area contributed by atoms with Gasteiger partial charge < -0.3 is 14.6 Å². The standard InChI is InChI=1S/C16H13BrClNO4/c1-8-14(23-7-12(20)21)11-6-22-15(13(11)16(17)19-8)9-2-4-10(18)5-3-9/h2-5,15H,6-7H2,1H3,(H,20,21). The quantitative estimate of drug-likeness (QED) is 0.791. The van der Waals surface area contributed by atoms with Crippen LogP contribution in [0.4, 0.5) is 0 Å². The lowest BCUT2D eigenvalue weighted by atomic mass is 10.0. The number of carboxylic acid groups (broad SMARTS) is 1. The van der Waals surface area contributed by atoms with Crippen molar-refractivity contribution in [1.29, 1.82) is 0 Å². The van der Waals surface area contributed by atoms with Gasteiger partial charge in [0, 0.05) is 16.1 Å². The Balaban J connectivity index is 2.03. The number of halogens is 2. The van der Waals surface area contributed by atoms with Gasteiger partial charge in [0.2, 0.25) is 0 Å². The lowest BCUT2D eigenvalue weighted by Crippen LogP contribution is -2.12. The van der Waals surface area contributed by atoms with Crippen LogP contribution in [0, 0.1) is 6.92 Å². The van der Waals surface area contributed by atoms with Crippen molar-refractivity contribution in [2.75, 3.05) is 6.61 Å². The average Bonchev–Trinajstić information content (AvgIpc) is 2.92. The van der Waals surface area contributed by atoms with Crippen molar-refractivity contribution in [3.8, 4) is 5.75 Å². The van der Waals surface area contributed by atoms with Crippen molar-refractivity contribution in [3.63, 3.8) is 0 Å². The van der Waals surface area contributed by atoms with Gasteiger partial charge >= 0.3 is 5.97 Å². The molecule has 0 bridgehead atoms. The molecule has 2 aromatic rings. The third-order valence-electron chi connectivity index (χ3n) is 3.59. The van der Waals surface area contributed by atoms with Gasteiger partial charge in [-0.15, -0.1) is 0 Å². The minimum atomic E-state index is -1.03. The molecule has 0 radical (unpaired) electrons. The maximum absolute atomic E-state index is 10.8. The van der Waals surface area contributed by atoms with E-state index in [1.807, 2.05) is 12.1 Å². The van der Waals surface area contributed by atoms with E-state index in [-0.39, 0.29) is 6.10 Å². The van der Waals surface area contributed by atoms with Crippen LogP contribution in [0.2, 0.25) is 5.02 Å².